The topological polar surface area (TPSA) is 114 Å². The minimum absolute atomic E-state index is 0.00591. The maximum atomic E-state index is 12.9. The molecule has 9 nitrogen and oxygen atoms in total. The molecule has 0 saturated carbocycles. The molecule has 2 amide bonds. The maximum absolute atomic E-state index is 12.9. The maximum Gasteiger partial charge on any atom is 0.249 e. The Labute approximate surface area is 176 Å². The zero-order chi connectivity index (χ0) is 20.7. The molecule has 5 atom stereocenters. The van der Waals surface area contributed by atoms with Crippen molar-refractivity contribution in [2.24, 2.45) is 11.8 Å². The second-order valence-corrected chi connectivity index (χ2v) is 9.04. The van der Waals surface area contributed by atoms with Crippen molar-refractivity contribution < 1.29 is 14.3 Å². The minimum Gasteiger partial charge on any atom is -0.384 e. The number of carbonyl (C=O) groups is 2. The third-order valence-corrected chi connectivity index (χ3v) is 7.20. The number of carbonyl (C=O) groups excluding carboxylic acids is 2. The fourth-order valence-corrected chi connectivity index (χ4v) is 5.86. The summed E-state index contributed by atoms with van der Waals surface area (Å²) >= 11 is 0. The van der Waals surface area contributed by atoms with Crippen LogP contribution in [0.15, 0.2) is 12.4 Å². The molecule has 9 heteroatoms. The smallest absolute Gasteiger partial charge is 0.249 e. The molecule has 30 heavy (non-hydrogen) atoms. The summed E-state index contributed by atoms with van der Waals surface area (Å²) < 4.78 is 5.52. The Morgan fingerprint density at radius 2 is 2.10 bits per heavy atom. The van der Waals surface area contributed by atoms with Gasteiger partial charge >= 0.3 is 0 Å². The summed E-state index contributed by atoms with van der Waals surface area (Å²) in [5, 5.41) is 3.09. The predicted octanol–water partition coefficient (Wildman–Crippen LogP) is 0.560. The summed E-state index contributed by atoms with van der Waals surface area (Å²) in [4.78, 5) is 38.3. The Kier molecular flexibility index (Phi) is 5.22. The van der Waals surface area contributed by atoms with Crippen LogP contribution < -0.4 is 16.0 Å². The second-order valence-electron chi connectivity index (χ2n) is 9.04. The molecule has 1 aromatic rings. The third kappa shape index (κ3) is 3.59. The van der Waals surface area contributed by atoms with Crippen LogP contribution in [0.4, 0.5) is 11.6 Å². The van der Waals surface area contributed by atoms with Crippen molar-refractivity contribution in [3.05, 3.63) is 12.4 Å². The number of aromatic nitrogens is 2. The van der Waals surface area contributed by atoms with E-state index >= 15 is 0 Å². The van der Waals surface area contributed by atoms with Crippen molar-refractivity contribution in [3.8, 4) is 0 Å². The van der Waals surface area contributed by atoms with Crippen molar-refractivity contribution in [1.29, 1.82) is 0 Å². The number of amides is 2. The summed E-state index contributed by atoms with van der Waals surface area (Å²) in [5.74, 6) is 2.18. The molecule has 5 heterocycles. The van der Waals surface area contributed by atoms with Gasteiger partial charge in [0.25, 0.3) is 0 Å². The van der Waals surface area contributed by atoms with E-state index in [0.717, 1.165) is 51.0 Å². The van der Waals surface area contributed by atoms with Crippen molar-refractivity contribution in [2.45, 2.75) is 56.7 Å². The van der Waals surface area contributed by atoms with Crippen molar-refractivity contribution in [2.75, 3.05) is 36.9 Å². The molecule has 4 aliphatic rings. The summed E-state index contributed by atoms with van der Waals surface area (Å²) in [6.45, 7) is 2.80. The quantitative estimate of drug-likeness (QED) is 0.740. The highest BCUT2D eigenvalue weighted by Gasteiger charge is 2.49. The van der Waals surface area contributed by atoms with E-state index in [2.05, 4.69) is 25.1 Å². The summed E-state index contributed by atoms with van der Waals surface area (Å²) in [6.07, 6.45) is 6.51. The molecule has 4 saturated heterocycles. The molecular weight excluding hydrogens is 384 g/mol. The van der Waals surface area contributed by atoms with E-state index in [9.17, 15) is 9.59 Å². The van der Waals surface area contributed by atoms with E-state index in [0.29, 0.717) is 31.3 Å². The zero-order valence-electron chi connectivity index (χ0n) is 17.2. The highest BCUT2D eigenvalue weighted by atomic mass is 16.5. The molecule has 4 aliphatic heterocycles. The number of nitrogens with two attached hydrogens (primary N) is 1. The number of hydrogen-bond donors (Lipinski definition) is 2. The van der Waals surface area contributed by atoms with Crippen LogP contribution in [-0.2, 0) is 14.3 Å². The van der Waals surface area contributed by atoms with E-state index in [1.165, 1.54) is 6.33 Å². The van der Waals surface area contributed by atoms with Crippen LogP contribution in [0.25, 0.3) is 0 Å². The number of rotatable bonds is 4. The fraction of sp³-hybridized carbons (Fsp3) is 0.714. The molecule has 1 aromatic heterocycles. The van der Waals surface area contributed by atoms with Gasteiger partial charge in [-0.15, -0.1) is 0 Å². The van der Waals surface area contributed by atoms with E-state index in [1.54, 1.807) is 0 Å². The number of ether oxygens (including phenoxy) is 1. The van der Waals surface area contributed by atoms with Gasteiger partial charge in [0.1, 0.15) is 24.1 Å². The van der Waals surface area contributed by atoms with Crippen LogP contribution in [0.2, 0.25) is 0 Å². The molecule has 0 aliphatic carbocycles. The average Bonchev–Trinajstić information content (AvgIpc) is 3.29. The summed E-state index contributed by atoms with van der Waals surface area (Å²) in [6, 6.07) is 2.06. The van der Waals surface area contributed by atoms with Gasteiger partial charge in [-0.05, 0) is 43.9 Å². The predicted molar refractivity (Wildman–Crippen MR) is 111 cm³/mol. The molecule has 0 radical (unpaired) electrons. The van der Waals surface area contributed by atoms with Gasteiger partial charge < -0.3 is 25.6 Å². The van der Waals surface area contributed by atoms with Gasteiger partial charge in [-0.3, -0.25) is 9.59 Å². The lowest BCUT2D eigenvalue weighted by molar-refractivity contribution is -0.149. The molecular formula is C21H30N6O3. The van der Waals surface area contributed by atoms with Crippen molar-refractivity contribution >= 4 is 23.5 Å². The molecule has 5 rings (SSSR count). The Bertz CT molecular complexity index is 814. The molecule has 4 fully saturated rings. The van der Waals surface area contributed by atoms with Crippen molar-refractivity contribution in [3.63, 3.8) is 0 Å². The number of piperidine rings is 3. The molecule has 0 aromatic carbocycles. The van der Waals surface area contributed by atoms with Crippen LogP contribution >= 0.6 is 0 Å². The number of nitrogens with zero attached hydrogens (tertiary/aromatic N) is 4. The number of hydrogen-bond acceptors (Lipinski definition) is 7. The highest BCUT2D eigenvalue weighted by Crippen LogP contribution is 2.42. The lowest BCUT2D eigenvalue weighted by Gasteiger charge is -2.56. The highest BCUT2D eigenvalue weighted by molar-refractivity contribution is 5.81. The van der Waals surface area contributed by atoms with Gasteiger partial charge in [-0.2, -0.15) is 0 Å². The van der Waals surface area contributed by atoms with Gasteiger partial charge in [-0.1, -0.05) is 0 Å². The van der Waals surface area contributed by atoms with Gasteiger partial charge in [0.15, 0.2) is 0 Å². The lowest BCUT2D eigenvalue weighted by Crippen LogP contribution is -2.67. The van der Waals surface area contributed by atoms with E-state index < -0.39 is 0 Å². The van der Waals surface area contributed by atoms with E-state index in [4.69, 9.17) is 10.5 Å². The van der Waals surface area contributed by atoms with Gasteiger partial charge in [-0.25, -0.2) is 9.97 Å². The second kappa shape index (κ2) is 8.02. The number of fused-ring (bicyclic) bond motifs is 4. The van der Waals surface area contributed by atoms with Crippen LogP contribution in [0, 0.1) is 11.8 Å². The van der Waals surface area contributed by atoms with Gasteiger partial charge in [0.2, 0.25) is 11.8 Å². The number of anilines is 2. The van der Waals surface area contributed by atoms with Crippen LogP contribution in [0.3, 0.4) is 0 Å². The first-order valence-electron chi connectivity index (χ1n) is 11.1. The molecule has 162 valence electrons. The number of nitrogen functional groups attached to an aromatic ring is 1. The average molecular weight is 415 g/mol. The number of nitrogens with one attached hydrogen (secondary N) is 1. The Morgan fingerprint density at radius 3 is 2.90 bits per heavy atom. The Hall–Kier alpha value is -2.42. The van der Waals surface area contributed by atoms with Crippen LogP contribution in [-0.4, -0.2) is 71.1 Å². The van der Waals surface area contributed by atoms with E-state index in [1.807, 2.05) is 6.07 Å². The zero-order valence-corrected chi connectivity index (χ0v) is 17.2. The molecule has 0 unspecified atom stereocenters. The minimum atomic E-state index is -0.346. The largest absolute Gasteiger partial charge is 0.384 e. The van der Waals surface area contributed by atoms with Crippen LogP contribution in [0.1, 0.15) is 38.5 Å². The third-order valence-electron chi connectivity index (χ3n) is 7.20. The summed E-state index contributed by atoms with van der Waals surface area (Å²) in [7, 11) is 0. The molecule has 2 bridgehead atoms. The molecule has 0 spiro atoms. The Balaban J connectivity index is 1.36. The van der Waals surface area contributed by atoms with Gasteiger partial charge in [0.05, 0.1) is 6.04 Å². The summed E-state index contributed by atoms with van der Waals surface area (Å²) in [5.41, 5.74) is 5.88. The van der Waals surface area contributed by atoms with E-state index in [-0.39, 0.29) is 35.9 Å². The molecule has 3 N–H and O–H groups in total. The fourth-order valence-electron chi connectivity index (χ4n) is 5.86. The van der Waals surface area contributed by atoms with Crippen molar-refractivity contribution in [1.82, 2.24) is 20.2 Å². The normalized spacial score (nSPS) is 33.3. The lowest BCUT2D eigenvalue weighted by atomic mass is 9.72. The standard InChI is InChI=1S/C21H30N6O3/c22-18-8-19(25-12-24-18)26-10-13-7-14(11-26)16(27-15(13)3-1-5-20(27)28)9-23-21(29)17-4-2-6-30-17/h8,12-17H,1-7,9-11H2,(H,23,29)(H2,22,24,25)/t13-,14+,15+,16+,17-/m1/s1. The first kappa shape index (κ1) is 19.5. The van der Waals surface area contributed by atoms with Gasteiger partial charge in [0, 0.05) is 44.8 Å². The SMILES string of the molecule is Nc1cc(N2C[C@H]3C[C@@H](C2)[C@H](CNC(=O)[C@H]2CCCO2)N2C(=O)CCC[C@@H]32)ncn1. The first-order valence-corrected chi connectivity index (χ1v) is 11.1. The first-order chi connectivity index (χ1) is 14.6. The Morgan fingerprint density at radius 1 is 1.23 bits per heavy atom. The van der Waals surface area contributed by atoms with Crippen LogP contribution in [0.5, 0.6) is 0 Å². The monoisotopic (exact) mass is 414 g/mol.